The molecule has 0 atom stereocenters. The van der Waals surface area contributed by atoms with Crippen molar-refractivity contribution in [2.45, 2.75) is 6.92 Å². The smallest absolute Gasteiger partial charge is 0.232 e. The third-order valence-corrected chi connectivity index (χ3v) is 3.59. The van der Waals surface area contributed by atoms with Crippen molar-refractivity contribution in [3.63, 3.8) is 0 Å². The number of hydrogen-bond acceptors (Lipinski definition) is 5. The molecule has 0 unspecified atom stereocenters. The molecule has 4 nitrogen and oxygen atoms in total. The summed E-state index contributed by atoms with van der Waals surface area (Å²) in [6, 6.07) is 9.37. The molecule has 0 spiro atoms. The van der Waals surface area contributed by atoms with Crippen LogP contribution in [0.25, 0.3) is 10.2 Å². The zero-order chi connectivity index (χ0) is 13.9. The Kier molecular flexibility index (Phi) is 3.71. The van der Waals surface area contributed by atoms with Gasteiger partial charge in [0.05, 0.1) is 12.0 Å². The average molecular weight is 307 g/mol. The Morgan fingerprint density at radius 1 is 1.15 bits per heavy atom. The Balaban J connectivity index is 2.03. The molecule has 102 valence electrons. The average Bonchev–Trinajstić information content (AvgIpc) is 2.89. The SMILES string of the molecule is CCOc1ccccc1Oc1nc(Cl)nc2sccc12. The van der Waals surface area contributed by atoms with Gasteiger partial charge >= 0.3 is 0 Å². The first-order chi connectivity index (χ1) is 9.78. The molecule has 0 amide bonds. The summed E-state index contributed by atoms with van der Waals surface area (Å²) in [4.78, 5) is 9.11. The zero-order valence-electron chi connectivity index (χ0n) is 10.7. The number of rotatable bonds is 4. The van der Waals surface area contributed by atoms with Gasteiger partial charge in [-0.25, -0.2) is 4.98 Å². The monoisotopic (exact) mass is 306 g/mol. The maximum Gasteiger partial charge on any atom is 0.232 e. The Morgan fingerprint density at radius 2 is 1.95 bits per heavy atom. The number of thiophene rings is 1. The van der Waals surface area contributed by atoms with E-state index in [1.165, 1.54) is 11.3 Å². The van der Waals surface area contributed by atoms with E-state index in [9.17, 15) is 0 Å². The first-order valence-electron chi connectivity index (χ1n) is 6.08. The molecular weight excluding hydrogens is 296 g/mol. The van der Waals surface area contributed by atoms with Crippen molar-refractivity contribution in [3.05, 3.63) is 41.0 Å². The molecule has 0 fully saturated rings. The van der Waals surface area contributed by atoms with Gasteiger partial charge in [-0.3, -0.25) is 0 Å². The molecule has 0 radical (unpaired) electrons. The Bertz CT molecular complexity index is 745. The van der Waals surface area contributed by atoms with Gasteiger partial charge in [-0.05, 0) is 42.1 Å². The van der Waals surface area contributed by atoms with Gasteiger partial charge in [0, 0.05) is 0 Å². The Hall–Kier alpha value is -1.85. The highest BCUT2D eigenvalue weighted by Crippen LogP contribution is 2.35. The van der Waals surface area contributed by atoms with E-state index in [1.807, 2.05) is 42.6 Å². The van der Waals surface area contributed by atoms with E-state index in [2.05, 4.69) is 9.97 Å². The van der Waals surface area contributed by atoms with Crippen molar-refractivity contribution >= 4 is 33.2 Å². The fraction of sp³-hybridized carbons (Fsp3) is 0.143. The summed E-state index contributed by atoms with van der Waals surface area (Å²) in [5.74, 6) is 1.72. The van der Waals surface area contributed by atoms with E-state index in [-0.39, 0.29) is 5.28 Å². The summed E-state index contributed by atoms with van der Waals surface area (Å²) in [6.07, 6.45) is 0. The van der Waals surface area contributed by atoms with Crippen molar-refractivity contribution in [2.24, 2.45) is 0 Å². The predicted octanol–water partition coefficient (Wildman–Crippen LogP) is 4.54. The van der Waals surface area contributed by atoms with Crippen LogP contribution in [0.3, 0.4) is 0 Å². The summed E-state index contributed by atoms with van der Waals surface area (Å²) < 4.78 is 11.4. The molecule has 1 aromatic carbocycles. The summed E-state index contributed by atoms with van der Waals surface area (Å²) in [5, 5.41) is 2.94. The van der Waals surface area contributed by atoms with Crippen LogP contribution in [-0.2, 0) is 0 Å². The lowest BCUT2D eigenvalue weighted by molar-refractivity contribution is 0.320. The maximum atomic E-state index is 5.92. The van der Waals surface area contributed by atoms with Crippen LogP contribution in [0.1, 0.15) is 6.92 Å². The van der Waals surface area contributed by atoms with E-state index in [1.54, 1.807) is 0 Å². The van der Waals surface area contributed by atoms with E-state index in [4.69, 9.17) is 21.1 Å². The molecule has 0 aliphatic carbocycles. The number of halogens is 1. The van der Waals surface area contributed by atoms with E-state index < -0.39 is 0 Å². The van der Waals surface area contributed by atoms with Gasteiger partial charge in [0.2, 0.25) is 11.2 Å². The number of aromatic nitrogens is 2. The van der Waals surface area contributed by atoms with E-state index in [0.29, 0.717) is 24.0 Å². The molecule has 0 aliphatic heterocycles. The van der Waals surface area contributed by atoms with Crippen molar-refractivity contribution < 1.29 is 9.47 Å². The van der Waals surface area contributed by atoms with Crippen molar-refractivity contribution in [3.8, 4) is 17.4 Å². The standard InChI is InChI=1S/C14H11ClN2O2S/c1-2-18-10-5-3-4-6-11(10)19-12-9-7-8-20-13(9)17-14(15)16-12/h3-8H,2H2,1H3. The summed E-state index contributed by atoms with van der Waals surface area (Å²) in [6.45, 7) is 2.49. The third-order valence-electron chi connectivity index (χ3n) is 2.62. The quantitative estimate of drug-likeness (QED) is 0.664. The molecule has 0 saturated heterocycles. The molecule has 3 rings (SSSR count). The van der Waals surface area contributed by atoms with Gasteiger partial charge in [-0.2, -0.15) is 4.98 Å². The van der Waals surface area contributed by atoms with Gasteiger partial charge < -0.3 is 9.47 Å². The van der Waals surface area contributed by atoms with E-state index in [0.717, 1.165) is 10.2 Å². The molecular formula is C14H11ClN2O2S. The Labute approximate surface area is 125 Å². The van der Waals surface area contributed by atoms with Crippen LogP contribution in [0, 0.1) is 0 Å². The second-order valence-corrected chi connectivity index (χ2v) is 5.15. The summed E-state index contributed by atoms with van der Waals surface area (Å²) in [7, 11) is 0. The van der Waals surface area contributed by atoms with Crippen molar-refractivity contribution in [1.82, 2.24) is 9.97 Å². The normalized spacial score (nSPS) is 10.7. The number of para-hydroxylation sites is 2. The largest absolute Gasteiger partial charge is 0.490 e. The highest BCUT2D eigenvalue weighted by Gasteiger charge is 2.12. The van der Waals surface area contributed by atoms with E-state index >= 15 is 0 Å². The van der Waals surface area contributed by atoms with Crippen LogP contribution < -0.4 is 9.47 Å². The van der Waals surface area contributed by atoms with Crippen molar-refractivity contribution in [2.75, 3.05) is 6.61 Å². The lowest BCUT2D eigenvalue weighted by Crippen LogP contribution is -1.96. The molecule has 0 bridgehead atoms. The van der Waals surface area contributed by atoms with Crippen LogP contribution in [0.15, 0.2) is 35.7 Å². The molecule has 2 heterocycles. The molecule has 0 N–H and O–H groups in total. The second-order valence-electron chi connectivity index (χ2n) is 3.92. The van der Waals surface area contributed by atoms with Crippen LogP contribution in [0.5, 0.6) is 17.4 Å². The number of fused-ring (bicyclic) bond motifs is 1. The van der Waals surface area contributed by atoms with Crippen LogP contribution in [-0.4, -0.2) is 16.6 Å². The minimum Gasteiger partial charge on any atom is -0.490 e. The molecule has 0 saturated carbocycles. The van der Waals surface area contributed by atoms with Gasteiger partial charge in [0.15, 0.2) is 11.5 Å². The van der Waals surface area contributed by atoms with Gasteiger partial charge in [-0.1, -0.05) is 12.1 Å². The maximum absolute atomic E-state index is 5.92. The first-order valence-corrected chi connectivity index (χ1v) is 7.34. The fourth-order valence-corrected chi connectivity index (χ4v) is 2.76. The highest BCUT2D eigenvalue weighted by atomic mass is 35.5. The molecule has 20 heavy (non-hydrogen) atoms. The number of ether oxygens (including phenoxy) is 2. The summed E-state index contributed by atoms with van der Waals surface area (Å²) >= 11 is 7.41. The van der Waals surface area contributed by atoms with Crippen LogP contribution in [0.2, 0.25) is 5.28 Å². The first kappa shape index (κ1) is 13.1. The van der Waals surface area contributed by atoms with Crippen molar-refractivity contribution in [1.29, 1.82) is 0 Å². The van der Waals surface area contributed by atoms with Crippen LogP contribution in [0.4, 0.5) is 0 Å². The topological polar surface area (TPSA) is 44.2 Å². The number of nitrogens with zero attached hydrogens (tertiary/aromatic N) is 2. The number of benzene rings is 1. The molecule has 3 aromatic rings. The van der Waals surface area contributed by atoms with Gasteiger partial charge in [0.1, 0.15) is 4.83 Å². The Morgan fingerprint density at radius 3 is 2.75 bits per heavy atom. The lowest BCUT2D eigenvalue weighted by atomic mass is 10.3. The van der Waals surface area contributed by atoms with Gasteiger partial charge in [-0.15, -0.1) is 11.3 Å². The molecule has 0 aliphatic rings. The predicted molar refractivity (Wildman–Crippen MR) is 80.1 cm³/mol. The lowest BCUT2D eigenvalue weighted by Gasteiger charge is -2.11. The van der Waals surface area contributed by atoms with Gasteiger partial charge in [0.25, 0.3) is 0 Å². The molecule has 6 heteroatoms. The third kappa shape index (κ3) is 2.55. The minimum absolute atomic E-state index is 0.170. The zero-order valence-corrected chi connectivity index (χ0v) is 12.2. The second kappa shape index (κ2) is 5.64. The minimum atomic E-state index is 0.170. The number of hydrogen-bond donors (Lipinski definition) is 0. The van der Waals surface area contributed by atoms with Crippen LogP contribution >= 0.6 is 22.9 Å². The fourth-order valence-electron chi connectivity index (χ4n) is 1.79. The molecule has 2 aromatic heterocycles. The highest BCUT2D eigenvalue weighted by molar-refractivity contribution is 7.16. The summed E-state index contributed by atoms with van der Waals surface area (Å²) in [5.41, 5.74) is 0.